The van der Waals surface area contributed by atoms with Gasteiger partial charge in [-0.2, -0.15) is 0 Å². The number of nitro groups is 1. The Bertz CT molecular complexity index is 373. The predicted molar refractivity (Wildman–Crippen MR) is 49.0 cm³/mol. The number of rotatable bonds is 2. The highest BCUT2D eigenvalue weighted by atomic mass is 16.7. The minimum atomic E-state index is -0.922. The van der Waals surface area contributed by atoms with E-state index in [2.05, 4.69) is 15.4 Å². The van der Waals surface area contributed by atoms with Crippen LogP contribution in [0.2, 0.25) is 0 Å². The Labute approximate surface area is 79.1 Å². The maximum atomic E-state index is 9.90. The minimum absolute atomic E-state index is 0.0160. The van der Waals surface area contributed by atoms with E-state index >= 15 is 0 Å². The molecular formula is C7H7N5O2. The SMILES string of the molecule is NN=C(N=N[N+](=O)[O-])c1ccccc1. The fourth-order valence-electron chi connectivity index (χ4n) is 0.824. The smallest absolute Gasteiger partial charge is 0.318 e. The molecule has 0 saturated carbocycles. The molecule has 0 unspecified atom stereocenters. The summed E-state index contributed by atoms with van der Waals surface area (Å²) in [4.78, 5) is 9.90. The third kappa shape index (κ3) is 2.63. The van der Waals surface area contributed by atoms with E-state index in [-0.39, 0.29) is 5.84 Å². The van der Waals surface area contributed by atoms with Gasteiger partial charge < -0.3 is 16.0 Å². The van der Waals surface area contributed by atoms with E-state index in [1.807, 2.05) is 0 Å². The van der Waals surface area contributed by atoms with Crippen LogP contribution in [0.15, 0.2) is 45.8 Å². The maximum absolute atomic E-state index is 9.90. The van der Waals surface area contributed by atoms with Gasteiger partial charge in [0.15, 0.2) is 5.22 Å². The topological polar surface area (TPSA) is 106 Å². The third-order valence-corrected chi connectivity index (χ3v) is 1.37. The van der Waals surface area contributed by atoms with E-state index in [0.29, 0.717) is 5.56 Å². The van der Waals surface area contributed by atoms with E-state index in [9.17, 15) is 10.1 Å². The minimum Gasteiger partial charge on any atom is -0.337 e. The quantitative estimate of drug-likeness (QED) is 0.189. The molecule has 0 saturated heterocycles. The Kier molecular flexibility index (Phi) is 3.25. The van der Waals surface area contributed by atoms with Crippen LogP contribution in [-0.2, 0) is 0 Å². The van der Waals surface area contributed by atoms with Crippen molar-refractivity contribution >= 4 is 5.84 Å². The van der Waals surface area contributed by atoms with Crippen LogP contribution in [0.1, 0.15) is 5.56 Å². The number of benzene rings is 1. The first-order valence-corrected chi connectivity index (χ1v) is 3.63. The van der Waals surface area contributed by atoms with Crippen molar-refractivity contribution < 1.29 is 5.03 Å². The molecule has 0 aromatic heterocycles. The Balaban J connectivity index is 2.90. The Morgan fingerprint density at radius 1 is 1.36 bits per heavy atom. The molecule has 14 heavy (non-hydrogen) atoms. The average Bonchev–Trinajstić information content (AvgIpc) is 2.20. The summed E-state index contributed by atoms with van der Waals surface area (Å²) < 4.78 is 0. The number of hydrazone groups is 1. The molecule has 0 aliphatic carbocycles. The zero-order valence-corrected chi connectivity index (χ0v) is 7.07. The van der Waals surface area contributed by atoms with Crippen LogP contribution in [0, 0.1) is 10.1 Å². The van der Waals surface area contributed by atoms with Gasteiger partial charge in [0.05, 0.1) is 5.03 Å². The summed E-state index contributed by atoms with van der Waals surface area (Å²) in [7, 11) is 0. The number of amidine groups is 1. The van der Waals surface area contributed by atoms with Crippen molar-refractivity contribution in [3.63, 3.8) is 0 Å². The molecule has 7 nitrogen and oxygen atoms in total. The molecule has 72 valence electrons. The number of nitrogens with two attached hydrogens (primary N) is 1. The van der Waals surface area contributed by atoms with Crippen LogP contribution >= 0.6 is 0 Å². The van der Waals surface area contributed by atoms with Gasteiger partial charge in [-0.3, -0.25) is 0 Å². The van der Waals surface area contributed by atoms with Gasteiger partial charge >= 0.3 is 5.84 Å². The third-order valence-electron chi connectivity index (χ3n) is 1.37. The van der Waals surface area contributed by atoms with E-state index < -0.39 is 5.03 Å². The van der Waals surface area contributed by atoms with Crippen LogP contribution in [-0.4, -0.2) is 10.9 Å². The molecule has 0 amide bonds. The molecule has 0 spiro atoms. The lowest BCUT2D eigenvalue weighted by Gasteiger charge is -1.90. The molecule has 2 N–H and O–H groups in total. The normalized spacial score (nSPS) is 11.9. The zero-order chi connectivity index (χ0) is 10.4. The molecule has 0 heterocycles. The first-order chi connectivity index (χ1) is 6.74. The van der Waals surface area contributed by atoms with Crippen LogP contribution in [0.25, 0.3) is 0 Å². The van der Waals surface area contributed by atoms with Crippen molar-refractivity contribution in [1.29, 1.82) is 0 Å². The van der Waals surface area contributed by atoms with Crippen LogP contribution in [0.4, 0.5) is 0 Å². The van der Waals surface area contributed by atoms with Crippen molar-refractivity contribution in [3.05, 3.63) is 46.0 Å². The molecular weight excluding hydrogens is 186 g/mol. The van der Waals surface area contributed by atoms with Gasteiger partial charge in [0.25, 0.3) is 0 Å². The average molecular weight is 193 g/mol. The Morgan fingerprint density at radius 3 is 2.50 bits per heavy atom. The molecule has 0 radical (unpaired) electrons. The maximum Gasteiger partial charge on any atom is 0.318 e. The van der Waals surface area contributed by atoms with Gasteiger partial charge in [-0.1, -0.05) is 18.2 Å². The summed E-state index contributed by atoms with van der Waals surface area (Å²) in [5, 5.41) is 18.2. The number of nitrogens with zero attached hydrogens (tertiary/aromatic N) is 4. The molecule has 0 fully saturated rings. The van der Waals surface area contributed by atoms with E-state index in [1.54, 1.807) is 30.3 Å². The predicted octanol–water partition coefficient (Wildman–Crippen LogP) is 0.951. The molecule has 1 aromatic rings. The molecule has 1 rings (SSSR count). The Hall–Kier alpha value is -2.31. The summed E-state index contributed by atoms with van der Waals surface area (Å²) in [6.45, 7) is 0. The highest BCUT2D eigenvalue weighted by molar-refractivity contribution is 5.98. The van der Waals surface area contributed by atoms with E-state index in [4.69, 9.17) is 5.84 Å². The van der Waals surface area contributed by atoms with Crippen LogP contribution < -0.4 is 5.84 Å². The molecule has 1 aromatic carbocycles. The van der Waals surface area contributed by atoms with Crippen molar-refractivity contribution in [2.24, 2.45) is 21.3 Å². The summed E-state index contributed by atoms with van der Waals surface area (Å²) in [5.41, 5.74) is 0.570. The highest BCUT2D eigenvalue weighted by Crippen LogP contribution is 2.01. The van der Waals surface area contributed by atoms with Gasteiger partial charge in [0.2, 0.25) is 0 Å². The van der Waals surface area contributed by atoms with E-state index in [1.165, 1.54) is 0 Å². The Morgan fingerprint density at radius 2 is 2.00 bits per heavy atom. The lowest BCUT2D eigenvalue weighted by Crippen LogP contribution is -2.00. The second kappa shape index (κ2) is 4.65. The van der Waals surface area contributed by atoms with E-state index in [0.717, 1.165) is 0 Å². The monoisotopic (exact) mass is 193 g/mol. The van der Waals surface area contributed by atoms with Crippen molar-refractivity contribution in [2.45, 2.75) is 0 Å². The lowest BCUT2D eigenvalue weighted by atomic mass is 10.2. The molecule has 0 atom stereocenters. The van der Waals surface area contributed by atoms with Crippen molar-refractivity contribution in [3.8, 4) is 0 Å². The van der Waals surface area contributed by atoms with Gasteiger partial charge in [0, 0.05) is 5.56 Å². The molecule has 7 heteroatoms. The first kappa shape index (κ1) is 9.78. The van der Waals surface area contributed by atoms with Gasteiger partial charge in [-0.25, -0.2) is 0 Å². The fraction of sp³-hybridized carbons (Fsp3) is 0. The summed E-state index contributed by atoms with van der Waals surface area (Å²) >= 11 is 0. The number of hydrogen-bond donors (Lipinski definition) is 1. The second-order valence-corrected chi connectivity index (χ2v) is 2.25. The van der Waals surface area contributed by atoms with Gasteiger partial charge in [0.1, 0.15) is 5.11 Å². The standard InChI is InChI=1S/C7H7N5O2/c8-9-7(10-11-12(13)14)6-4-2-1-3-5-6/h1-5H,8H2. The fourth-order valence-corrected chi connectivity index (χ4v) is 0.824. The van der Waals surface area contributed by atoms with Gasteiger partial charge in [-0.15, -0.1) is 5.10 Å². The second-order valence-electron chi connectivity index (χ2n) is 2.25. The molecule has 0 aliphatic rings. The summed E-state index contributed by atoms with van der Waals surface area (Å²) in [6.07, 6.45) is 0. The lowest BCUT2D eigenvalue weighted by molar-refractivity contribution is -0.493. The molecule has 0 aliphatic heterocycles. The first-order valence-electron chi connectivity index (χ1n) is 3.63. The van der Waals surface area contributed by atoms with Crippen molar-refractivity contribution in [2.75, 3.05) is 0 Å². The van der Waals surface area contributed by atoms with Crippen molar-refractivity contribution in [1.82, 2.24) is 0 Å². The van der Waals surface area contributed by atoms with Crippen LogP contribution in [0.3, 0.4) is 0 Å². The summed E-state index contributed by atoms with van der Waals surface area (Å²) in [6, 6.07) is 8.61. The zero-order valence-electron chi connectivity index (χ0n) is 7.07. The molecule has 0 bridgehead atoms. The van der Waals surface area contributed by atoms with Crippen LogP contribution in [0.5, 0.6) is 0 Å². The highest BCUT2D eigenvalue weighted by Gasteiger charge is 2.07. The number of hydrogen-bond acceptors (Lipinski definition) is 4. The largest absolute Gasteiger partial charge is 0.337 e. The van der Waals surface area contributed by atoms with Gasteiger partial charge in [-0.05, 0) is 12.1 Å². The summed E-state index contributed by atoms with van der Waals surface area (Å²) in [5.74, 6) is 5.02.